The number of anilines is 1. The van der Waals surface area contributed by atoms with Crippen molar-refractivity contribution in [2.75, 3.05) is 24.5 Å². The Morgan fingerprint density at radius 3 is 2.79 bits per heavy atom. The van der Waals surface area contributed by atoms with E-state index in [4.69, 9.17) is 0 Å². The van der Waals surface area contributed by atoms with Gasteiger partial charge in [0, 0.05) is 37.6 Å². The van der Waals surface area contributed by atoms with E-state index in [1.807, 2.05) is 19.3 Å². The Balaban J connectivity index is 1.94. The van der Waals surface area contributed by atoms with Crippen molar-refractivity contribution in [2.24, 2.45) is 0 Å². The lowest BCUT2D eigenvalue weighted by Crippen LogP contribution is -2.46. The molecule has 1 aliphatic rings. The first-order valence-corrected chi connectivity index (χ1v) is 7.10. The Hall–Kier alpha value is -1.20. The normalized spacial score (nSPS) is 23.6. The fourth-order valence-corrected chi connectivity index (χ4v) is 2.40. The van der Waals surface area contributed by atoms with E-state index in [9.17, 15) is 5.11 Å². The Morgan fingerprint density at radius 2 is 2.16 bits per heavy atom. The van der Waals surface area contributed by atoms with Gasteiger partial charge in [-0.2, -0.15) is 0 Å². The van der Waals surface area contributed by atoms with E-state index >= 15 is 0 Å². The highest BCUT2D eigenvalue weighted by molar-refractivity contribution is 5.31. The van der Waals surface area contributed by atoms with Gasteiger partial charge in [0.2, 0.25) is 5.95 Å². The molecule has 2 rings (SSSR count). The van der Waals surface area contributed by atoms with Gasteiger partial charge < -0.3 is 15.3 Å². The molecule has 0 bridgehead atoms. The van der Waals surface area contributed by atoms with E-state index in [1.54, 1.807) is 0 Å². The van der Waals surface area contributed by atoms with Gasteiger partial charge in [0.25, 0.3) is 0 Å². The Morgan fingerprint density at radius 1 is 1.42 bits per heavy atom. The summed E-state index contributed by atoms with van der Waals surface area (Å²) in [5, 5.41) is 13.4. The first kappa shape index (κ1) is 14.2. The van der Waals surface area contributed by atoms with Crippen molar-refractivity contribution >= 4 is 5.95 Å². The lowest BCUT2D eigenvalue weighted by molar-refractivity contribution is 0.0444. The number of hydrogen-bond donors (Lipinski definition) is 2. The Kier molecular flexibility index (Phi) is 4.71. The highest BCUT2D eigenvalue weighted by Crippen LogP contribution is 2.22. The molecular formula is C14H24N4O. The first-order valence-electron chi connectivity index (χ1n) is 7.10. The average Bonchev–Trinajstić information content (AvgIpc) is 2.39. The molecule has 2 N–H and O–H groups in total. The predicted octanol–water partition coefficient (Wildman–Crippen LogP) is 1.33. The van der Waals surface area contributed by atoms with Gasteiger partial charge in [-0.15, -0.1) is 0 Å². The number of hydrogen-bond acceptors (Lipinski definition) is 5. The summed E-state index contributed by atoms with van der Waals surface area (Å²) >= 11 is 0. The monoisotopic (exact) mass is 264 g/mol. The number of β-amino-alcohol motifs (C(OH)–C–C–N with tert-alkyl or cyclic N) is 1. The minimum Gasteiger partial charge on any atom is -0.388 e. The molecule has 0 aromatic carbocycles. The highest BCUT2D eigenvalue weighted by Gasteiger charge is 2.29. The molecule has 0 radical (unpaired) electrons. The standard InChI is InChI=1S/C14H24N4O/c1-3-6-15-8-12-9-16-13(17-10-12)18-7-4-5-14(2,19)11-18/h9-10,15,19H,3-8,11H2,1-2H3. The van der Waals surface area contributed by atoms with Gasteiger partial charge in [0.05, 0.1) is 5.60 Å². The molecule has 2 heterocycles. The third-order valence-electron chi connectivity index (χ3n) is 3.41. The lowest BCUT2D eigenvalue weighted by atomic mass is 9.95. The molecule has 1 saturated heterocycles. The molecule has 1 aromatic rings. The number of rotatable bonds is 5. The van der Waals surface area contributed by atoms with E-state index < -0.39 is 5.60 Å². The van der Waals surface area contributed by atoms with Crippen LogP contribution in [0.2, 0.25) is 0 Å². The smallest absolute Gasteiger partial charge is 0.225 e. The van der Waals surface area contributed by atoms with Crippen molar-refractivity contribution < 1.29 is 5.11 Å². The molecule has 106 valence electrons. The number of nitrogens with one attached hydrogen (secondary N) is 1. The molecular weight excluding hydrogens is 240 g/mol. The molecule has 1 atom stereocenters. The van der Waals surface area contributed by atoms with Crippen molar-refractivity contribution in [2.45, 2.75) is 45.3 Å². The summed E-state index contributed by atoms with van der Waals surface area (Å²) in [6.07, 6.45) is 6.70. The minimum atomic E-state index is -0.622. The van der Waals surface area contributed by atoms with E-state index in [2.05, 4.69) is 27.1 Å². The fraction of sp³-hybridized carbons (Fsp3) is 0.714. The van der Waals surface area contributed by atoms with Crippen LogP contribution in [0.5, 0.6) is 0 Å². The van der Waals surface area contributed by atoms with Crippen LogP contribution in [0, 0.1) is 0 Å². The van der Waals surface area contributed by atoms with E-state index in [-0.39, 0.29) is 0 Å². The van der Waals surface area contributed by atoms with Crippen molar-refractivity contribution in [3.8, 4) is 0 Å². The van der Waals surface area contributed by atoms with Crippen LogP contribution in [0.4, 0.5) is 5.95 Å². The van der Waals surface area contributed by atoms with Crippen molar-refractivity contribution in [3.05, 3.63) is 18.0 Å². The average molecular weight is 264 g/mol. The molecule has 1 aromatic heterocycles. The third-order valence-corrected chi connectivity index (χ3v) is 3.41. The van der Waals surface area contributed by atoms with Gasteiger partial charge in [-0.05, 0) is 32.7 Å². The maximum absolute atomic E-state index is 10.1. The lowest BCUT2D eigenvalue weighted by Gasteiger charge is -2.36. The van der Waals surface area contributed by atoms with Crippen LogP contribution in [0.15, 0.2) is 12.4 Å². The van der Waals surface area contributed by atoms with Crippen LogP contribution < -0.4 is 10.2 Å². The summed E-state index contributed by atoms with van der Waals surface area (Å²) in [5.74, 6) is 0.721. The minimum absolute atomic E-state index is 0.612. The second kappa shape index (κ2) is 6.30. The van der Waals surface area contributed by atoms with Crippen molar-refractivity contribution in [3.63, 3.8) is 0 Å². The molecule has 19 heavy (non-hydrogen) atoms. The Labute approximate surface area is 115 Å². The summed E-state index contributed by atoms with van der Waals surface area (Å²) in [7, 11) is 0. The van der Waals surface area contributed by atoms with Gasteiger partial charge in [-0.3, -0.25) is 0 Å². The second-order valence-corrected chi connectivity index (χ2v) is 5.59. The zero-order chi connectivity index (χ0) is 13.7. The molecule has 0 spiro atoms. The van der Waals surface area contributed by atoms with E-state index in [1.165, 1.54) is 0 Å². The van der Waals surface area contributed by atoms with Crippen LogP contribution in [-0.2, 0) is 6.54 Å². The topological polar surface area (TPSA) is 61.3 Å². The van der Waals surface area contributed by atoms with Crippen LogP contribution in [-0.4, -0.2) is 40.3 Å². The van der Waals surface area contributed by atoms with Crippen molar-refractivity contribution in [1.82, 2.24) is 15.3 Å². The maximum atomic E-state index is 10.1. The van der Waals surface area contributed by atoms with Gasteiger partial charge >= 0.3 is 0 Å². The number of nitrogens with zero attached hydrogens (tertiary/aromatic N) is 3. The maximum Gasteiger partial charge on any atom is 0.225 e. The van der Waals surface area contributed by atoms with Gasteiger partial charge in [-0.25, -0.2) is 9.97 Å². The zero-order valence-corrected chi connectivity index (χ0v) is 11.9. The fourth-order valence-electron chi connectivity index (χ4n) is 2.40. The van der Waals surface area contributed by atoms with E-state index in [0.717, 1.165) is 50.4 Å². The van der Waals surface area contributed by atoms with Crippen LogP contribution in [0.25, 0.3) is 0 Å². The molecule has 1 unspecified atom stereocenters. The SMILES string of the molecule is CCCNCc1cnc(N2CCCC(C)(O)C2)nc1. The predicted molar refractivity (Wildman–Crippen MR) is 76.1 cm³/mol. The molecule has 1 fully saturated rings. The van der Waals surface area contributed by atoms with E-state index in [0.29, 0.717) is 6.54 Å². The molecule has 5 nitrogen and oxygen atoms in total. The quantitative estimate of drug-likeness (QED) is 0.786. The summed E-state index contributed by atoms with van der Waals surface area (Å²) < 4.78 is 0. The number of aromatic nitrogens is 2. The third kappa shape index (κ3) is 4.14. The second-order valence-electron chi connectivity index (χ2n) is 5.59. The molecule has 0 aliphatic carbocycles. The largest absolute Gasteiger partial charge is 0.388 e. The Bertz CT molecular complexity index is 391. The molecule has 1 aliphatic heterocycles. The zero-order valence-electron chi connectivity index (χ0n) is 11.9. The van der Waals surface area contributed by atoms with Crippen LogP contribution in [0.3, 0.4) is 0 Å². The molecule has 0 saturated carbocycles. The number of piperidine rings is 1. The van der Waals surface area contributed by atoms with Gasteiger partial charge in [-0.1, -0.05) is 6.92 Å². The first-order chi connectivity index (χ1) is 9.11. The summed E-state index contributed by atoms with van der Waals surface area (Å²) in [4.78, 5) is 10.9. The van der Waals surface area contributed by atoms with Crippen LogP contribution >= 0.6 is 0 Å². The molecule has 5 heteroatoms. The van der Waals surface area contributed by atoms with Crippen molar-refractivity contribution in [1.29, 1.82) is 0 Å². The van der Waals surface area contributed by atoms with Gasteiger partial charge in [0.15, 0.2) is 0 Å². The number of aliphatic hydroxyl groups is 1. The molecule has 0 amide bonds. The summed E-state index contributed by atoms with van der Waals surface area (Å²) in [6.45, 7) is 7.38. The van der Waals surface area contributed by atoms with Crippen LogP contribution in [0.1, 0.15) is 38.7 Å². The highest BCUT2D eigenvalue weighted by atomic mass is 16.3. The van der Waals surface area contributed by atoms with Gasteiger partial charge in [0.1, 0.15) is 0 Å². The summed E-state index contributed by atoms with van der Waals surface area (Å²) in [5.41, 5.74) is 0.476. The summed E-state index contributed by atoms with van der Waals surface area (Å²) in [6, 6.07) is 0.